The zero-order valence-electron chi connectivity index (χ0n) is 57.4. The summed E-state index contributed by atoms with van der Waals surface area (Å²) in [4.78, 5) is 99.1. The lowest BCUT2D eigenvalue weighted by Crippen LogP contribution is -2.65. The fourth-order valence-electron chi connectivity index (χ4n) is 15.1. The maximum absolute atomic E-state index is 17.1. The Morgan fingerprint density at radius 1 is 0.416 bits per heavy atom. The molecule has 0 radical (unpaired) electrons. The van der Waals surface area contributed by atoms with Gasteiger partial charge in [0.15, 0.2) is 87.7 Å². The van der Waals surface area contributed by atoms with Gasteiger partial charge in [-0.2, -0.15) is 0 Å². The van der Waals surface area contributed by atoms with Crippen LogP contribution < -0.4 is 80.5 Å². The molecule has 0 saturated carbocycles. The average Bonchev–Trinajstić information content (AvgIpc) is 1.50. The molecule has 7 aliphatic heterocycles. The molecule has 6 aromatic rings. The van der Waals surface area contributed by atoms with Crippen LogP contribution in [-0.2, 0) is 44.4 Å². The number of Topliss-reactive ketones (excluding diaryl/α,β-unsaturated/α-hetero) is 1. The fourth-order valence-corrected chi connectivity index (χ4v) is 15.1. The third-order valence-electron chi connectivity index (χ3n) is 19.1. The first-order valence-electron chi connectivity index (χ1n) is 31.0. The maximum atomic E-state index is 17.1. The third kappa shape index (κ3) is 9.67. The number of rotatable bonds is 17. The van der Waals surface area contributed by atoms with E-state index in [-0.39, 0.29) is 120 Å². The summed E-state index contributed by atoms with van der Waals surface area (Å²) >= 11 is 0. The predicted octanol–water partition coefficient (Wildman–Crippen LogP) is 7.06. The van der Waals surface area contributed by atoms with Crippen molar-refractivity contribution in [3.05, 3.63) is 92.7 Å². The lowest BCUT2D eigenvalue weighted by atomic mass is 9.66. The summed E-state index contributed by atoms with van der Waals surface area (Å²) < 4.78 is 144. The fraction of sp³-hybridized carbons (Fsp3) is 0.380. The van der Waals surface area contributed by atoms with Crippen LogP contribution in [0.25, 0.3) is 27.8 Å². The van der Waals surface area contributed by atoms with Crippen LogP contribution in [0.15, 0.2) is 48.2 Å². The number of ether oxygens (including phenoxy) is 23. The standard InChI is InChI=1S/C71H68O30/c1-79-32-18-17-26(19-34(32)81-3)50-31(72)20-27-33(80-2)24-35-43(51(27)97-50)48-62-64-55-39(25-95-66(74)28-21-36(82-4)52(85-7)56(88-10)40(28)41-29(68(76)98-55)22-37(83-5)53(86-8)57(41)89-11)96-67(75)30-23-38(84-6)54(87-9)58(90-12)42(30)44-46(69(77)100-64)45(60(92-14)63(94-16)59(44)91-13)47-49(70(78)99-62)71(48,101-35)65(73)61(47)93-15/h17-19,21-24,31,39,48-50,55,62,64,72H,20,25H2,1-16H3/t31-,39?,48-,49?,50+,55?,62?,64?,71?/m0/s1. The van der Waals surface area contributed by atoms with Gasteiger partial charge in [0.2, 0.25) is 34.4 Å². The molecule has 30 heteroatoms. The summed E-state index contributed by atoms with van der Waals surface area (Å²) in [6.45, 7) is -1.15. The number of carbonyl (C=O) groups is 6. The van der Waals surface area contributed by atoms with Crippen molar-refractivity contribution in [1.29, 1.82) is 0 Å². The van der Waals surface area contributed by atoms with Crippen molar-refractivity contribution in [1.82, 2.24) is 0 Å². The number of esters is 5. The molecule has 7 heterocycles. The molecular formula is C71H68O30. The van der Waals surface area contributed by atoms with E-state index in [9.17, 15) is 5.11 Å². The molecule has 8 aliphatic rings. The van der Waals surface area contributed by atoms with Crippen molar-refractivity contribution in [3.8, 4) is 120 Å². The quantitative estimate of drug-likeness (QED) is 0.0705. The monoisotopic (exact) mass is 1400 g/mol. The van der Waals surface area contributed by atoms with Gasteiger partial charge < -0.3 is 114 Å². The second-order valence-corrected chi connectivity index (χ2v) is 23.4. The summed E-state index contributed by atoms with van der Waals surface area (Å²) in [5.74, 6) is -14.4. The van der Waals surface area contributed by atoms with Gasteiger partial charge in [-0.3, -0.25) is 9.59 Å². The molecule has 1 fully saturated rings. The zero-order chi connectivity index (χ0) is 72.1. The number of fused-ring (bicyclic) bond motifs is 10. The molecule has 1 saturated heterocycles. The first-order valence-corrected chi connectivity index (χ1v) is 31.0. The van der Waals surface area contributed by atoms with E-state index in [1.807, 2.05) is 0 Å². The van der Waals surface area contributed by atoms with Crippen LogP contribution in [0.2, 0.25) is 0 Å². The van der Waals surface area contributed by atoms with E-state index in [0.29, 0.717) is 11.3 Å². The minimum atomic E-state index is -2.67. The Balaban J connectivity index is 1.19. The first-order chi connectivity index (χ1) is 48.8. The number of ketones is 1. The number of hydrogen-bond acceptors (Lipinski definition) is 30. The summed E-state index contributed by atoms with van der Waals surface area (Å²) in [6, 6.07) is 9.87. The van der Waals surface area contributed by atoms with Crippen LogP contribution >= 0.6 is 0 Å². The number of hydrogen-bond donors (Lipinski definition) is 1. The second kappa shape index (κ2) is 25.9. The summed E-state index contributed by atoms with van der Waals surface area (Å²) in [6.07, 6.45) is -12.2. The number of aliphatic hydroxyl groups excluding tert-OH is 1. The Kier molecular flexibility index (Phi) is 17.5. The number of methoxy groups -OCH3 is 16. The topological polar surface area (TPSA) is 335 Å². The Labute approximate surface area is 575 Å². The van der Waals surface area contributed by atoms with Crippen molar-refractivity contribution >= 4 is 41.2 Å². The van der Waals surface area contributed by atoms with Crippen LogP contribution in [0.1, 0.15) is 75.7 Å². The number of aliphatic hydroxyl groups is 1. The summed E-state index contributed by atoms with van der Waals surface area (Å²) in [5, 5.41) is 12.3. The van der Waals surface area contributed by atoms with Gasteiger partial charge in [-0.1, -0.05) is 6.07 Å². The molecule has 1 spiro atoms. The molecule has 1 N–H and O–H groups in total. The number of cyclic esters (lactones) is 1. The van der Waals surface area contributed by atoms with Gasteiger partial charge >= 0.3 is 29.8 Å². The molecule has 0 aromatic heterocycles. The average molecular weight is 1400 g/mol. The van der Waals surface area contributed by atoms with Gasteiger partial charge in [0, 0.05) is 57.0 Å². The van der Waals surface area contributed by atoms with E-state index in [2.05, 4.69) is 0 Å². The van der Waals surface area contributed by atoms with E-state index in [1.54, 1.807) is 18.2 Å². The summed E-state index contributed by atoms with van der Waals surface area (Å²) in [7, 11) is 20.4. The third-order valence-corrected chi connectivity index (χ3v) is 19.1. The number of carbonyl (C=O) groups excluding carboxylic acids is 6. The zero-order valence-corrected chi connectivity index (χ0v) is 57.4. The largest absolute Gasteiger partial charge is 0.496 e. The van der Waals surface area contributed by atoms with Gasteiger partial charge in [0.1, 0.15) is 35.9 Å². The van der Waals surface area contributed by atoms with Gasteiger partial charge in [0.05, 0.1) is 148 Å². The molecule has 101 heavy (non-hydrogen) atoms. The molecule has 6 bridgehead atoms. The molecule has 9 atom stereocenters. The molecule has 532 valence electrons. The van der Waals surface area contributed by atoms with Crippen molar-refractivity contribution in [2.24, 2.45) is 5.92 Å². The lowest BCUT2D eigenvalue weighted by molar-refractivity contribution is -0.200. The van der Waals surface area contributed by atoms with Crippen molar-refractivity contribution in [2.45, 2.75) is 54.6 Å². The van der Waals surface area contributed by atoms with Crippen LogP contribution in [-0.4, -0.2) is 197 Å². The minimum Gasteiger partial charge on any atom is -0.496 e. The van der Waals surface area contributed by atoms with Gasteiger partial charge in [-0.05, 0) is 35.9 Å². The van der Waals surface area contributed by atoms with E-state index in [0.717, 1.165) is 7.11 Å². The molecule has 1 aliphatic carbocycles. The second-order valence-electron chi connectivity index (χ2n) is 23.4. The minimum absolute atomic E-state index is 0.0477. The lowest BCUT2D eigenvalue weighted by Gasteiger charge is -2.47. The smallest absolute Gasteiger partial charge is 0.340 e. The Hall–Kier alpha value is -11.6. The van der Waals surface area contributed by atoms with Gasteiger partial charge in [-0.25, -0.2) is 19.2 Å². The van der Waals surface area contributed by atoms with E-state index >= 15 is 28.8 Å². The van der Waals surface area contributed by atoms with Gasteiger partial charge in [0.25, 0.3) is 0 Å². The Morgan fingerprint density at radius 2 is 0.901 bits per heavy atom. The van der Waals surface area contributed by atoms with Crippen LogP contribution in [0, 0.1) is 5.92 Å². The highest BCUT2D eigenvalue weighted by molar-refractivity contribution is 6.23. The van der Waals surface area contributed by atoms with E-state index in [1.165, 1.54) is 131 Å². The number of benzene rings is 6. The molecular weight excluding hydrogens is 1330 g/mol. The predicted molar refractivity (Wildman–Crippen MR) is 344 cm³/mol. The van der Waals surface area contributed by atoms with E-state index in [4.69, 9.17) is 109 Å². The maximum Gasteiger partial charge on any atom is 0.340 e. The van der Waals surface area contributed by atoms with Gasteiger partial charge in [-0.15, -0.1) is 0 Å². The van der Waals surface area contributed by atoms with Crippen molar-refractivity contribution in [3.63, 3.8) is 0 Å². The SMILES string of the molecule is COC1=C2c3c(OC)c(OC)c(OC)c4c3C(=O)OC(C3OC(=O)c5cc(OC)c(OC)c(OC)c5-c5c(cc(OC)c(OC)c5OC)C(=O)OCC3OC(=O)c3cc(OC)c(OC)c(OC)c3-4)C3OC(=O)C2C2(Oc4cc(OC)c5c(c4[C@@H]32)O[C@H](c2ccc(OC)c(OC)c2)[C@@H](O)C5)C1=O. The molecule has 14 rings (SSSR count). The highest BCUT2D eigenvalue weighted by atomic mass is 16.7. The Bertz CT molecular complexity index is 4550. The molecule has 6 aromatic carbocycles. The first kappa shape index (κ1) is 68.0. The highest BCUT2D eigenvalue weighted by Crippen LogP contribution is 2.69. The molecule has 0 amide bonds. The molecule has 6 unspecified atom stereocenters. The highest BCUT2D eigenvalue weighted by Gasteiger charge is 2.77. The summed E-state index contributed by atoms with van der Waals surface area (Å²) in [5.41, 5.74) is -6.38. The van der Waals surface area contributed by atoms with Crippen molar-refractivity contribution < 1.29 is 143 Å². The molecule has 30 nitrogen and oxygen atoms in total. The van der Waals surface area contributed by atoms with E-state index < -0.39 is 147 Å². The van der Waals surface area contributed by atoms with Crippen molar-refractivity contribution in [2.75, 3.05) is 120 Å². The van der Waals surface area contributed by atoms with Crippen LogP contribution in [0.5, 0.6) is 97.7 Å². The Morgan fingerprint density at radius 3 is 1.42 bits per heavy atom. The normalized spacial score (nSPS) is 22.5. The van der Waals surface area contributed by atoms with Crippen LogP contribution in [0.3, 0.4) is 0 Å². The van der Waals surface area contributed by atoms with Crippen LogP contribution in [0.4, 0.5) is 0 Å².